The van der Waals surface area contributed by atoms with Crippen LogP contribution in [0.25, 0.3) is 0 Å². The molecule has 0 saturated heterocycles. The van der Waals surface area contributed by atoms with Crippen molar-refractivity contribution in [1.29, 1.82) is 0 Å². The molecule has 21 heavy (non-hydrogen) atoms. The first-order valence-corrected chi connectivity index (χ1v) is 9.07. The Bertz CT molecular complexity index is 785. The molecule has 0 aliphatic carbocycles. The van der Waals surface area contributed by atoms with Crippen molar-refractivity contribution < 1.29 is 22.5 Å². The summed E-state index contributed by atoms with van der Waals surface area (Å²) in [5, 5.41) is 0. The third-order valence-electron chi connectivity index (χ3n) is 2.47. The molecule has 2 aromatic carbocycles. The van der Waals surface area contributed by atoms with Gasteiger partial charge in [-0.05, 0) is 87.6 Å². The molecule has 110 valence electrons. The molecule has 0 aromatic heterocycles. The van der Waals surface area contributed by atoms with Gasteiger partial charge in [-0.25, -0.2) is 13.2 Å². The van der Waals surface area contributed by atoms with Gasteiger partial charge in [-0.1, -0.05) is 0 Å². The van der Waals surface area contributed by atoms with Crippen LogP contribution in [0.4, 0.5) is 0 Å². The molecule has 0 heterocycles. The average Bonchev–Trinajstić information content (AvgIpc) is 2.41. The molecule has 0 radical (unpaired) electrons. The van der Waals surface area contributed by atoms with Gasteiger partial charge in [0.15, 0.2) is 0 Å². The largest absolute Gasteiger partial charge is 0.744 e. The standard InChI is InChI=1S/C13H8I2O5S/c14-8-1-6-12(15)11(7-8)13(16)20-9-2-4-10(5-3-9)21(17,18)19/h1-7H,(H,17,18,19)/p-1. The summed E-state index contributed by atoms with van der Waals surface area (Å²) in [6.07, 6.45) is 0. The zero-order chi connectivity index (χ0) is 15.6. The van der Waals surface area contributed by atoms with Gasteiger partial charge in [0.25, 0.3) is 0 Å². The lowest BCUT2D eigenvalue weighted by Crippen LogP contribution is -2.10. The zero-order valence-corrected chi connectivity index (χ0v) is 15.4. The van der Waals surface area contributed by atoms with Gasteiger partial charge in [0, 0.05) is 7.14 Å². The number of benzene rings is 2. The van der Waals surface area contributed by atoms with Gasteiger partial charge in [-0.15, -0.1) is 0 Å². The van der Waals surface area contributed by atoms with Crippen molar-refractivity contribution in [1.82, 2.24) is 0 Å². The highest BCUT2D eigenvalue weighted by Crippen LogP contribution is 2.20. The normalized spacial score (nSPS) is 11.2. The summed E-state index contributed by atoms with van der Waals surface area (Å²) in [6.45, 7) is 0. The van der Waals surface area contributed by atoms with Crippen molar-refractivity contribution in [3.05, 3.63) is 55.2 Å². The highest BCUT2D eigenvalue weighted by Gasteiger charge is 2.13. The first kappa shape index (κ1) is 16.6. The topological polar surface area (TPSA) is 83.5 Å². The van der Waals surface area contributed by atoms with Crippen molar-refractivity contribution in [2.45, 2.75) is 4.90 Å². The van der Waals surface area contributed by atoms with E-state index >= 15 is 0 Å². The Morgan fingerprint density at radius 2 is 1.67 bits per heavy atom. The molecule has 0 spiro atoms. The van der Waals surface area contributed by atoms with Crippen molar-refractivity contribution >= 4 is 61.3 Å². The van der Waals surface area contributed by atoms with Crippen LogP contribution in [0, 0.1) is 7.14 Å². The van der Waals surface area contributed by atoms with Crippen molar-refractivity contribution in [3.63, 3.8) is 0 Å². The fourth-order valence-corrected chi connectivity index (χ4v) is 3.01. The second-order valence-corrected chi connectivity index (χ2v) is 7.73. The van der Waals surface area contributed by atoms with E-state index in [1.165, 1.54) is 12.1 Å². The molecule has 2 rings (SSSR count). The van der Waals surface area contributed by atoms with E-state index in [1.54, 1.807) is 12.1 Å². The highest BCUT2D eigenvalue weighted by molar-refractivity contribution is 14.1. The Kier molecular flexibility index (Phi) is 5.22. The van der Waals surface area contributed by atoms with Crippen molar-refractivity contribution in [2.24, 2.45) is 0 Å². The van der Waals surface area contributed by atoms with Crippen molar-refractivity contribution in [3.8, 4) is 5.75 Å². The Morgan fingerprint density at radius 1 is 1.05 bits per heavy atom. The number of hydrogen-bond acceptors (Lipinski definition) is 5. The lowest BCUT2D eigenvalue weighted by molar-refractivity contribution is 0.0733. The maximum Gasteiger partial charge on any atom is 0.344 e. The van der Waals surface area contributed by atoms with Gasteiger partial charge >= 0.3 is 5.97 Å². The number of rotatable bonds is 3. The molecule has 2 aromatic rings. The summed E-state index contributed by atoms with van der Waals surface area (Å²) in [7, 11) is -4.51. The molecular formula is C13H7I2O5S-. The lowest BCUT2D eigenvalue weighted by atomic mass is 10.2. The molecule has 0 atom stereocenters. The minimum Gasteiger partial charge on any atom is -0.744 e. The number of hydrogen-bond donors (Lipinski definition) is 0. The number of halogens is 2. The van der Waals surface area contributed by atoms with E-state index in [9.17, 15) is 17.8 Å². The molecule has 0 saturated carbocycles. The molecular weight excluding hydrogens is 522 g/mol. The second kappa shape index (κ2) is 6.58. The Hall–Kier alpha value is -0.720. The van der Waals surface area contributed by atoms with Crippen LogP contribution < -0.4 is 4.74 Å². The maximum atomic E-state index is 12.1. The van der Waals surface area contributed by atoms with Crippen LogP contribution in [0.2, 0.25) is 0 Å². The molecule has 0 fully saturated rings. The summed E-state index contributed by atoms with van der Waals surface area (Å²) in [5.74, 6) is -0.377. The van der Waals surface area contributed by atoms with Crippen LogP contribution >= 0.6 is 45.2 Å². The molecule has 5 nitrogen and oxygen atoms in total. The fourth-order valence-electron chi connectivity index (χ4n) is 1.49. The average molecular weight is 529 g/mol. The first-order valence-electron chi connectivity index (χ1n) is 5.50. The van der Waals surface area contributed by atoms with Gasteiger partial charge in [-0.2, -0.15) is 0 Å². The summed E-state index contributed by atoms with van der Waals surface area (Å²) in [5.41, 5.74) is 0.419. The highest BCUT2D eigenvalue weighted by atomic mass is 127. The molecule has 0 aliphatic heterocycles. The number of carbonyl (C=O) groups excluding carboxylic acids is 1. The Balaban J connectivity index is 2.22. The predicted octanol–water partition coefficient (Wildman–Crippen LogP) is 3.02. The van der Waals surface area contributed by atoms with Crippen LogP contribution in [-0.2, 0) is 10.1 Å². The number of carbonyl (C=O) groups is 1. The zero-order valence-electron chi connectivity index (χ0n) is 10.2. The minimum atomic E-state index is -4.51. The summed E-state index contributed by atoms with van der Waals surface area (Å²) in [6, 6.07) is 10.1. The number of esters is 1. The summed E-state index contributed by atoms with van der Waals surface area (Å²) < 4.78 is 39.2. The SMILES string of the molecule is O=C(Oc1ccc(S(=O)(=O)[O-])cc1)c1cc(I)ccc1I. The van der Waals surface area contributed by atoms with Gasteiger partial charge in [0.1, 0.15) is 15.9 Å². The van der Waals surface area contributed by atoms with E-state index in [0.29, 0.717) is 5.56 Å². The second-order valence-electron chi connectivity index (χ2n) is 3.94. The van der Waals surface area contributed by atoms with Crippen LogP contribution in [0.15, 0.2) is 47.4 Å². The Labute approximate surface area is 148 Å². The smallest absolute Gasteiger partial charge is 0.344 e. The molecule has 0 amide bonds. The molecule has 0 bridgehead atoms. The minimum absolute atomic E-state index is 0.169. The van der Waals surface area contributed by atoms with Gasteiger partial charge in [-0.3, -0.25) is 0 Å². The van der Waals surface area contributed by atoms with Crippen LogP contribution in [0.1, 0.15) is 10.4 Å². The van der Waals surface area contributed by atoms with Crippen LogP contribution in [-0.4, -0.2) is 18.9 Å². The number of ether oxygens (including phenoxy) is 1. The van der Waals surface area contributed by atoms with Gasteiger partial charge < -0.3 is 9.29 Å². The van der Waals surface area contributed by atoms with E-state index in [1.807, 2.05) is 28.7 Å². The Morgan fingerprint density at radius 3 is 2.24 bits per heavy atom. The quantitative estimate of drug-likeness (QED) is 0.265. The fraction of sp³-hybridized carbons (Fsp3) is 0. The summed E-state index contributed by atoms with van der Waals surface area (Å²) in [4.78, 5) is 11.7. The molecule has 0 N–H and O–H groups in total. The molecule has 0 unspecified atom stereocenters. The lowest BCUT2D eigenvalue weighted by Gasteiger charge is -2.09. The maximum absolute atomic E-state index is 12.1. The predicted molar refractivity (Wildman–Crippen MR) is 91.2 cm³/mol. The third-order valence-corrected chi connectivity index (χ3v) is 4.93. The van der Waals surface area contributed by atoms with Gasteiger partial charge in [0.2, 0.25) is 0 Å². The molecule has 0 aliphatic rings. The van der Waals surface area contributed by atoms with Crippen LogP contribution in [0.3, 0.4) is 0 Å². The van der Waals surface area contributed by atoms with Crippen LogP contribution in [0.5, 0.6) is 5.75 Å². The van der Waals surface area contributed by atoms with E-state index in [4.69, 9.17) is 4.74 Å². The third kappa shape index (κ3) is 4.37. The van der Waals surface area contributed by atoms with E-state index in [2.05, 4.69) is 22.6 Å². The monoisotopic (exact) mass is 529 g/mol. The van der Waals surface area contributed by atoms with Gasteiger partial charge in [0.05, 0.1) is 10.5 Å². The van der Waals surface area contributed by atoms with E-state index in [0.717, 1.165) is 19.3 Å². The first-order chi connectivity index (χ1) is 9.77. The van der Waals surface area contributed by atoms with Crippen molar-refractivity contribution in [2.75, 3.05) is 0 Å². The van der Waals surface area contributed by atoms with E-state index in [-0.39, 0.29) is 10.6 Å². The van der Waals surface area contributed by atoms with E-state index < -0.39 is 16.1 Å². The summed E-state index contributed by atoms with van der Waals surface area (Å²) >= 11 is 4.11. The molecule has 8 heteroatoms.